The molecular formula is C20H15NS. The van der Waals surface area contributed by atoms with E-state index in [0.717, 1.165) is 6.54 Å². The number of rotatable bonds is 3. The lowest BCUT2D eigenvalue weighted by Gasteiger charge is -2.07. The molecule has 4 aromatic rings. The van der Waals surface area contributed by atoms with E-state index >= 15 is 0 Å². The minimum absolute atomic E-state index is 0.745. The van der Waals surface area contributed by atoms with Gasteiger partial charge in [0.25, 0.3) is 0 Å². The number of benzene rings is 3. The van der Waals surface area contributed by atoms with Gasteiger partial charge in [-0.25, -0.2) is 0 Å². The van der Waals surface area contributed by atoms with Crippen LogP contribution < -0.4 is 0 Å². The number of thiophene rings is 1. The van der Waals surface area contributed by atoms with Gasteiger partial charge in [0.05, 0.1) is 6.54 Å². The van der Waals surface area contributed by atoms with E-state index in [9.17, 15) is 0 Å². The first kappa shape index (κ1) is 13.2. The fourth-order valence-corrected chi connectivity index (χ4v) is 3.46. The molecule has 0 aliphatic heterocycles. The van der Waals surface area contributed by atoms with Crippen molar-refractivity contribution in [3.63, 3.8) is 0 Å². The van der Waals surface area contributed by atoms with Gasteiger partial charge in [0.2, 0.25) is 0 Å². The van der Waals surface area contributed by atoms with Crippen molar-refractivity contribution < 1.29 is 0 Å². The molecule has 3 aromatic carbocycles. The van der Waals surface area contributed by atoms with Crippen molar-refractivity contribution in [2.75, 3.05) is 0 Å². The Labute approximate surface area is 133 Å². The standard InChI is InChI=1S/C20H15NS/c1-3-9-18-15(6-1)12-16-7-2-4-10-19(16)20(18)14-21-13-17-8-5-11-22-17/h1-12,14H,13H2. The maximum Gasteiger partial charge on any atom is 0.0732 e. The van der Waals surface area contributed by atoms with E-state index in [0.29, 0.717) is 0 Å². The Hall–Kier alpha value is -2.45. The van der Waals surface area contributed by atoms with E-state index in [-0.39, 0.29) is 0 Å². The highest BCUT2D eigenvalue weighted by Crippen LogP contribution is 2.27. The SMILES string of the molecule is C(=NCc1cccs1)c1c2ccccc2cc2ccccc12. The lowest BCUT2D eigenvalue weighted by molar-refractivity contribution is 1.11. The van der Waals surface area contributed by atoms with Gasteiger partial charge in [0.15, 0.2) is 0 Å². The first-order valence-corrected chi connectivity index (χ1v) is 8.22. The summed E-state index contributed by atoms with van der Waals surface area (Å²) >= 11 is 1.75. The molecule has 0 atom stereocenters. The van der Waals surface area contributed by atoms with Gasteiger partial charge < -0.3 is 0 Å². The molecule has 0 aliphatic carbocycles. The molecule has 0 fully saturated rings. The molecule has 0 aliphatic rings. The molecule has 0 amide bonds. The summed E-state index contributed by atoms with van der Waals surface area (Å²) in [6, 6.07) is 23.5. The van der Waals surface area contributed by atoms with Crippen LogP contribution in [0.4, 0.5) is 0 Å². The van der Waals surface area contributed by atoms with Crippen molar-refractivity contribution in [1.82, 2.24) is 0 Å². The fraction of sp³-hybridized carbons (Fsp3) is 0.0500. The maximum atomic E-state index is 4.67. The molecule has 0 radical (unpaired) electrons. The summed E-state index contributed by atoms with van der Waals surface area (Å²) < 4.78 is 0. The molecule has 1 aromatic heterocycles. The average Bonchev–Trinajstić information content (AvgIpc) is 3.07. The Morgan fingerprint density at radius 1 is 0.818 bits per heavy atom. The normalized spacial score (nSPS) is 11.6. The summed E-state index contributed by atoms with van der Waals surface area (Å²) in [5, 5.41) is 7.14. The Morgan fingerprint density at radius 3 is 2.14 bits per heavy atom. The van der Waals surface area contributed by atoms with Crippen molar-refractivity contribution in [2.45, 2.75) is 6.54 Å². The highest BCUT2D eigenvalue weighted by molar-refractivity contribution is 7.09. The second-order valence-electron chi connectivity index (χ2n) is 5.28. The van der Waals surface area contributed by atoms with E-state index < -0.39 is 0 Å². The van der Waals surface area contributed by atoms with Crippen molar-refractivity contribution in [3.05, 3.63) is 82.6 Å². The minimum Gasteiger partial charge on any atom is -0.287 e. The number of hydrogen-bond acceptors (Lipinski definition) is 2. The van der Waals surface area contributed by atoms with Gasteiger partial charge in [-0.15, -0.1) is 11.3 Å². The number of aliphatic imine (C=N–C) groups is 1. The van der Waals surface area contributed by atoms with Crippen LogP contribution in [-0.2, 0) is 6.54 Å². The number of hydrogen-bond donors (Lipinski definition) is 0. The molecule has 0 saturated carbocycles. The quantitative estimate of drug-likeness (QED) is 0.341. The third kappa shape index (κ3) is 2.42. The lowest BCUT2D eigenvalue weighted by atomic mass is 9.97. The van der Waals surface area contributed by atoms with Crippen LogP contribution in [-0.4, -0.2) is 6.21 Å². The highest BCUT2D eigenvalue weighted by atomic mass is 32.1. The second kappa shape index (κ2) is 5.74. The van der Waals surface area contributed by atoms with E-state index in [1.165, 1.54) is 32.0 Å². The zero-order valence-electron chi connectivity index (χ0n) is 12.1. The van der Waals surface area contributed by atoms with Crippen LogP contribution >= 0.6 is 11.3 Å². The fourth-order valence-electron chi connectivity index (χ4n) is 2.82. The molecular weight excluding hydrogens is 286 g/mol. The largest absolute Gasteiger partial charge is 0.287 e. The lowest BCUT2D eigenvalue weighted by Crippen LogP contribution is -1.89. The Bertz CT molecular complexity index is 898. The van der Waals surface area contributed by atoms with Crippen molar-refractivity contribution in [3.8, 4) is 0 Å². The van der Waals surface area contributed by atoms with Gasteiger partial charge in [0.1, 0.15) is 0 Å². The van der Waals surface area contributed by atoms with Gasteiger partial charge >= 0.3 is 0 Å². The Balaban J connectivity index is 1.87. The molecule has 22 heavy (non-hydrogen) atoms. The molecule has 0 bridgehead atoms. The van der Waals surface area contributed by atoms with E-state index in [4.69, 9.17) is 0 Å². The van der Waals surface area contributed by atoms with E-state index in [1.807, 2.05) is 6.21 Å². The van der Waals surface area contributed by atoms with Crippen LogP contribution in [0.25, 0.3) is 21.5 Å². The zero-order valence-corrected chi connectivity index (χ0v) is 12.9. The third-order valence-corrected chi connectivity index (χ3v) is 4.72. The van der Waals surface area contributed by atoms with Crippen LogP contribution in [0.1, 0.15) is 10.4 Å². The van der Waals surface area contributed by atoms with Crippen molar-refractivity contribution in [1.29, 1.82) is 0 Å². The van der Waals surface area contributed by atoms with Crippen molar-refractivity contribution >= 4 is 39.1 Å². The van der Waals surface area contributed by atoms with Gasteiger partial charge in [0, 0.05) is 16.7 Å². The van der Waals surface area contributed by atoms with Crippen LogP contribution in [0.5, 0.6) is 0 Å². The molecule has 106 valence electrons. The molecule has 2 heteroatoms. The molecule has 4 rings (SSSR count). The van der Waals surface area contributed by atoms with Crippen LogP contribution in [0.2, 0.25) is 0 Å². The minimum atomic E-state index is 0.745. The van der Waals surface area contributed by atoms with Crippen LogP contribution in [0.3, 0.4) is 0 Å². The first-order valence-electron chi connectivity index (χ1n) is 7.34. The van der Waals surface area contributed by atoms with Crippen molar-refractivity contribution in [2.24, 2.45) is 4.99 Å². The molecule has 0 unspecified atom stereocenters. The molecule has 0 N–H and O–H groups in total. The summed E-state index contributed by atoms with van der Waals surface area (Å²) in [6.45, 7) is 0.745. The highest BCUT2D eigenvalue weighted by Gasteiger charge is 2.05. The summed E-state index contributed by atoms with van der Waals surface area (Å²) in [5.74, 6) is 0. The predicted molar refractivity (Wildman–Crippen MR) is 97.1 cm³/mol. The topological polar surface area (TPSA) is 12.4 Å². The zero-order chi connectivity index (χ0) is 14.8. The molecule has 0 saturated heterocycles. The predicted octanol–water partition coefficient (Wildman–Crippen LogP) is 5.67. The first-order chi connectivity index (χ1) is 10.9. The summed E-state index contributed by atoms with van der Waals surface area (Å²) in [5.41, 5.74) is 1.21. The average molecular weight is 301 g/mol. The van der Waals surface area contributed by atoms with Crippen LogP contribution in [0, 0.1) is 0 Å². The number of nitrogens with zero attached hydrogens (tertiary/aromatic N) is 1. The molecule has 1 nitrogen and oxygen atoms in total. The van der Waals surface area contributed by atoms with E-state index in [1.54, 1.807) is 11.3 Å². The van der Waals surface area contributed by atoms with Gasteiger partial charge in [-0.2, -0.15) is 0 Å². The van der Waals surface area contributed by atoms with Gasteiger partial charge in [-0.1, -0.05) is 54.6 Å². The molecule has 1 heterocycles. The smallest absolute Gasteiger partial charge is 0.0732 e. The van der Waals surface area contributed by atoms with Gasteiger partial charge in [-0.05, 0) is 39.1 Å². The van der Waals surface area contributed by atoms with Gasteiger partial charge in [-0.3, -0.25) is 4.99 Å². The van der Waals surface area contributed by atoms with E-state index in [2.05, 4.69) is 77.1 Å². The Kier molecular flexibility index (Phi) is 3.45. The summed E-state index contributed by atoms with van der Waals surface area (Å²) in [4.78, 5) is 5.96. The summed E-state index contributed by atoms with van der Waals surface area (Å²) in [7, 11) is 0. The third-order valence-electron chi connectivity index (χ3n) is 3.86. The monoisotopic (exact) mass is 301 g/mol. The second-order valence-corrected chi connectivity index (χ2v) is 6.31. The van der Waals surface area contributed by atoms with Crippen LogP contribution in [0.15, 0.2) is 77.1 Å². The summed E-state index contributed by atoms with van der Waals surface area (Å²) in [6.07, 6.45) is 2.03. The molecule has 0 spiro atoms. The number of fused-ring (bicyclic) bond motifs is 2. The maximum absolute atomic E-state index is 4.67. The Morgan fingerprint density at radius 2 is 1.50 bits per heavy atom.